The van der Waals surface area contributed by atoms with Gasteiger partial charge in [-0.15, -0.1) is 0 Å². The lowest BCUT2D eigenvalue weighted by Gasteiger charge is -2.35. The third kappa shape index (κ3) is 3.83. The lowest BCUT2D eigenvalue weighted by atomic mass is 10.00. The molecule has 1 aromatic heterocycles. The van der Waals surface area contributed by atoms with Gasteiger partial charge in [0.1, 0.15) is 0 Å². The van der Waals surface area contributed by atoms with Crippen LogP contribution in [0.1, 0.15) is 37.0 Å². The van der Waals surface area contributed by atoms with E-state index in [1.807, 2.05) is 17.2 Å². The fourth-order valence-electron chi connectivity index (χ4n) is 3.60. The molecule has 0 radical (unpaired) electrons. The lowest BCUT2D eigenvalue weighted by molar-refractivity contribution is 0.0682. The first-order valence-corrected chi connectivity index (χ1v) is 8.89. The van der Waals surface area contributed by atoms with Gasteiger partial charge < -0.3 is 14.7 Å². The quantitative estimate of drug-likeness (QED) is 0.856. The van der Waals surface area contributed by atoms with E-state index in [0.29, 0.717) is 5.92 Å². The Labute approximate surface area is 139 Å². The van der Waals surface area contributed by atoms with Crippen molar-refractivity contribution in [1.82, 2.24) is 14.8 Å². The Kier molecular flexibility index (Phi) is 5.16. The van der Waals surface area contributed by atoms with E-state index in [-0.39, 0.29) is 5.91 Å². The molecule has 0 N–H and O–H groups in total. The van der Waals surface area contributed by atoms with E-state index in [4.69, 9.17) is 0 Å². The molecule has 5 nitrogen and oxygen atoms in total. The minimum atomic E-state index is 0.137. The van der Waals surface area contributed by atoms with Crippen LogP contribution < -0.4 is 4.90 Å². The second-order valence-corrected chi connectivity index (χ2v) is 6.85. The molecule has 3 heterocycles. The van der Waals surface area contributed by atoms with E-state index in [1.54, 1.807) is 6.20 Å². The van der Waals surface area contributed by atoms with Crippen molar-refractivity contribution in [2.45, 2.75) is 26.7 Å². The maximum atomic E-state index is 12.7. The van der Waals surface area contributed by atoms with Crippen molar-refractivity contribution in [3.8, 4) is 0 Å². The van der Waals surface area contributed by atoms with Gasteiger partial charge in [-0.3, -0.25) is 9.78 Å². The van der Waals surface area contributed by atoms with Gasteiger partial charge in [0.25, 0.3) is 5.91 Å². The number of hydrogen-bond acceptors (Lipinski definition) is 4. The van der Waals surface area contributed by atoms with Crippen LogP contribution in [0.25, 0.3) is 0 Å². The molecule has 3 rings (SSSR count). The Morgan fingerprint density at radius 2 is 2.00 bits per heavy atom. The molecule has 1 atom stereocenters. The number of aromatic nitrogens is 1. The summed E-state index contributed by atoms with van der Waals surface area (Å²) in [6, 6.07) is 2.02. The van der Waals surface area contributed by atoms with Crippen LogP contribution >= 0.6 is 0 Å². The summed E-state index contributed by atoms with van der Waals surface area (Å²) >= 11 is 0. The number of anilines is 1. The molecule has 126 valence electrons. The Balaban J connectivity index is 1.68. The van der Waals surface area contributed by atoms with Crippen LogP contribution in [0.15, 0.2) is 18.5 Å². The smallest absolute Gasteiger partial charge is 0.255 e. The predicted octanol–water partition coefficient (Wildman–Crippen LogP) is 2.10. The molecular formula is C18H28N4O. The summed E-state index contributed by atoms with van der Waals surface area (Å²) < 4.78 is 0. The van der Waals surface area contributed by atoms with Gasteiger partial charge in [-0.25, -0.2) is 0 Å². The zero-order chi connectivity index (χ0) is 16.2. The standard InChI is InChI=1S/C18H28N4O/c1-3-20-7-9-21(10-8-20)17-11-16(12-19-13-17)18(23)22-6-4-5-15(2)14-22/h11-13,15H,3-10,14H2,1-2H3. The number of likely N-dealkylation sites (N-methyl/N-ethyl adjacent to an activating group) is 1. The number of hydrogen-bond donors (Lipinski definition) is 0. The average Bonchev–Trinajstić information content (AvgIpc) is 2.61. The van der Waals surface area contributed by atoms with Crippen molar-refractivity contribution in [2.24, 2.45) is 5.92 Å². The number of carbonyl (C=O) groups is 1. The maximum absolute atomic E-state index is 12.7. The van der Waals surface area contributed by atoms with Crippen LogP contribution in [0.5, 0.6) is 0 Å². The molecule has 0 aliphatic carbocycles. The number of pyridine rings is 1. The van der Waals surface area contributed by atoms with Gasteiger partial charge in [0.05, 0.1) is 17.4 Å². The second-order valence-electron chi connectivity index (χ2n) is 6.85. The van der Waals surface area contributed by atoms with E-state index in [0.717, 1.165) is 63.5 Å². The number of likely N-dealkylation sites (tertiary alicyclic amines) is 1. The fraction of sp³-hybridized carbons (Fsp3) is 0.667. The van der Waals surface area contributed by atoms with Crippen LogP contribution in [0.4, 0.5) is 5.69 Å². The molecule has 23 heavy (non-hydrogen) atoms. The fourth-order valence-corrected chi connectivity index (χ4v) is 3.60. The summed E-state index contributed by atoms with van der Waals surface area (Å²) in [5.74, 6) is 0.740. The Hall–Kier alpha value is -1.62. The highest BCUT2D eigenvalue weighted by Gasteiger charge is 2.23. The monoisotopic (exact) mass is 316 g/mol. The number of piperazine rings is 1. The van der Waals surface area contributed by atoms with Crippen LogP contribution in [-0.2, 0) is 0 Å². The summed E-state index contributed by atoms with van der Waals surface area (Å²) in [7, 11) is 0. The zero-order valence-electron chi connectivity index (χ0n) is 14.4. The highest BCUT2D eigenvalue weighted by molar-refractivity contribution is 5.94. The number of carbonyl (C=O) groups excluding carboxylic acids is 1. The molecule has 2 aliphatic heterocycles. The average molecular weight is 316 g/mol. The van der Waals surface area contributed by atoms with Crippen molar-refractivity contribution in [2.75, 3.05) is 50.7 Å². The molecule has 0 bridgehead atoms. The van der Waals surface area contributed by atoms with Crippen LogP contribution in [0.2, 0.25) is 0 Å². The summed E-state index contributed by atoms with van der Waals surface area (Å²) in [6.07, 6.45) is 5.94. The van der Waals surface area contributed by atoms with Crippen LogP contribution in [0, 0.1) is 5.92 Å². The van der Waals surface area contributed by atoms with Crippen molar-refractivity contribution in [3.05, 3.63) is 24.0 Å². The van der Waals surface area contributed by atoms with E-state index < -0.39 is 0 Å². The largest absolute Gasteiger partial charge is 0.368 e. The van der Waals surface area contributed by atoms with E-state index in [2.05, 4.69) is 28.6 Å². The third-order valence-electron chi connectivity index (χ3n) is 5.10. The molecule has 2 fully saturated rings. The van der Waals surface area contributed by atoms with Crippen molar-refractivity contribution >= 4 is 11.6 Å². The molecule has 0 saturated carbocycles. The second kappa shape index (κ2) is 7.30. The summed E-state index contributed by atoms with van der Waals surface area (Å²) in [5, 5.41) is 0. The van der Waals surface area contributed by atoms with E-state index >= 15 is 0 Å². The van der Waals surface area contributed by atoms with Gasteiger partial charge in [0, 0.05) is 45.5 Å². The normalized spacial score (nSPS) is 23.1. The zero-order valence-corrected chi connectivity index (χ0v) is 14.4. The van der Waals surface area contributed by atoms with E-state index in [1.165, 1.54) is 6.42 Å². The topological polar surface area (TPSA) is 39.7 Å². The minimum Gasteiger partial charge on any atom is -0.368 e. The van der Waals surface area contributed by atoms with Gasteiger partial charge in [0.2, 0.25) is 0 Å². The van der Waals surface area contributed by atoms with E-state index in [9.17, 15) is 4.79 Å². The maximum Gasteiger partial charge on any atom is 0.255 e. The van der Waals surface area contributed by atoms with Gasteiger partial charge in [-0.05, 0) is 31.4 Å². The lowest BCUT2D eigenvalue weighted by Crippen LogP contribution is -2.46. The number of piperidine rings is 1. The van der Waals surface area contributed by atoms with Gasteiger partial charge in [0.15, 0.2) is 0 Å². The SMILES string of the molecule is CCN1CCN(c2cncc(C(=O)N3CCCC(C)C3)c2)CC1. The molecule has 5 heteroatoms. The first kappa shape index (κ1) is 16.2. The molecule has 1 unspecified atom stereocenters. The highest BCUT2D eigenvalue weighted by atomic mass is 16.2. The summed E-state index contributed by atoms with van der Waals surface area (Å²) in [4.78, 5) is 23.9. The van der Waals surface area contributed by atoms with Crippen LogP contribution in [0.3, 0.4) is 0 Å². The Bertz CT molecular complexity index is 540. The molecule has 0 aromatic carbocycles. The first-order valence-electron chi connectivity index (χ1n) is 8.89. The molecule has 1 aromatic rings. The van der Waals surface area contributed by atoms with Gasteiger partial charge >= 0.3 is 0 Å². The molecule has 0 spiro atoms. The highest BCUT2D eigenvalue weighted by Crippen LogP contribution is 2.21. The number of amides is 1. The first-order chi connectivity index (χ1) is 11.2. The molecular weight excluding hydrogens is 288 g/mol. The Morgan fingerprint density at radius 3 is 2.70 bits per heavy atom. The molecule has 2 aliphatic rings. The van der Waals surface area contributed by atoms with Gasteiger partial charge in [-0.2, -0.15) is 0 Å². The minimum absolute atomic E-state index is 0.137. The number of nitrogens with zero attached hydrogens (tertiary/aromatic N) is 4. The molecule has 2 saturated heterocycles. The van der Waals surface area contributed by atoms with Gasteiger partial charge in [-0.1, -0.05) is 13.8 Å². The number of rotatable bonds is 3. The van der Waals surface area contributed by atoms with Crippen molar-refractivity contribution in [3.63, 3.8) is 0 Å². The Morgan fingerprint density at radius 1 is 1.22 bits per heavy atom. The summed E-state index contributed by atoms with van der Waals surface area (Å²) in [6.45, 7) is 11.5. The third-order valence-corrected chi connectivity index (χ3v) is 5.10. The van der Waals surface area contributed by atoms with Crippen molar-refractivity contribution in [1.29, 1.82) is 0 Å². The van der Waals surface area contributed by atoms with Crippen LogP contribution in [-0.4, -0.2) is 66.5 Å². The molecule has 1 amide bonds. The predicted molar refractivity (Wildman–Crippen MR) is 92.9 cm³/mol. The summed E-state index contributed by atoms with van der Waals surface area (Å²) in [5.41, 5.74) is 1.81. The van der Waals surface area contributed by atoms with Crippen molar-refractivity contribution < 1.29 is 4.79 Å².